The Morgan fingerprint density at radius 3 is 2.94 bits per heavy atom. The maximum atomic E-state index is 5.64. The van der Waals surface area contributed by atoms with Gasteiger partial charge in [0.15, 0.2) is 5.13 Å². The van der Waals surface area contributed by atoms with Crippen LogP contribution < -0.4 is 10.5 Å². The molecule has 0 saturated heterocycles. The normalized spacial score (nSPS) is 10.4. The molecule has 0 aliphatic heterocycles. The van der Waals surface area contributed by atoms with Crippen molar-refractivity contribution in [1.29, 1.82) is 0 Å². The number of nitrogen functional groups attached to an aromatic ring is 1. The number of hydrogen-bond donors (Lipinski definition) is 1. The van der Waals surface area contributed by atoms with Gasteiger partial charge in [-0.1, -0.05) is 23.5 Å². The van der Waals surface area contributed by atoms with Gasteiger partial charge in [0.1, 0.15) is 5.75 Å². The number of rotatable bonds is 3. The lowest BCUT2D eigenvalue weighted by Gasteiger charge is -2.03. The molecule has 0 atom stereocenters. The predicted octanol–water partition coefficient (Wildman–Crippen LogP) is 3.09. The molecule has 1 aromatic heterocycles. The molecule has 0 bridgehead atoms. The van der Waals surface area contributed by atoms with Crippen LogP contribution in [-0.2, 0) is 6.42 Å². The van der Waals surface area contributed by atoms with E-state index in [1.807, 2.05) is 24.3 Å². The number of methoxy groups -OCH3 is 1. The van der Waals surface area contributed by atoms with Gasteiger partial charge in [-0.3, -0.25) is 0 Å². The number of thiazole rings is 1. The van der Waals surface area contributed by atoms with Gasteiger partial charge in [0.25, 0.3) is 0 Å². The van der Waals surface area contributed by atoms with Crippen molar-refractivity contribution in [2.24, 2.45) is 0 Å². The van der Waals surface area contributed by atoms with Crippen molar-refractivity contribution in [2.45, 2.75) is 6.42 Å². The summed E-state index contributed by atoms with van der Waals surface area (Å²) in [7, 11) is 1.66. The second-order valence-electron chi connectivity index (χ2n) is 3.30. The lowest BCUT2D eigenvalue weighted by molar-refractivity contribution is 0.414. The van der Waals surface area contributed by atoms with Crippen LogP contribution in [0.1, 0.15) is 11.3 Å². The van der Waals surface area contributed by atoms with Crippen LogP contribution in [0.5, 0.6) is 5.75 Å². The number of benzene rings is 1. The quantitative estimate of drug-likeness (QED) is 0.947. The van der Waals surface area contributed by atoms with Crippen molar-refractivity contribution in [1.82, 2.24) is 4.98 Å². The number of ether oxygens (including phenoxy) is 1. The van der Waals surface area contributed by atoms with E-state index >= 15 is 0 Å². The zero-order valence-electron chi connectivity index (χ0n) is 8.74. The summed E-state index contributed by atoms with van der Waals surface area (Å²) in [4.78, 5) is 4.27. The summed E-state index contributed by atoms with van der Waals surface area (Å²) in [6.07, 6.45) is 0.755. The molecule has 16 heavy (non-hydrogen) atoms. The molecule has 84 valence electrons. The Bertz CT molecular complexity index is 498. The standard InChI is InChI=1S/C11H11BrN2OS/c1-15-8-4-2-3-7(5-8)6-9-10(12)16-11(13)14-9/h2-5H,6H2,1H3,(H2,13,14). The lowest BCUT2D eigenvalue weighted by Crippen LogP contribution is -1.92. The van der Waals surface area contributed by atoms with Crippen LogP contribution >= 0.6 is 27.3 Å². The fraction of sp³-hybridized carbons (Fsp3) is 0.182. The second kappa shape index (κ2) is 4.84. The highest BCUT2D eigenvalue weighted by Crippen LogP contribution is 2.28. The Labute approximate surface area is 106 Å². The minimum absolute atomic E-state index is 0.588. The molecule has 5 heteroatoms. The van der Waals surface area contributed by atoms with Crippen molar-refractivity contribution >= 4 is 32.4 Å². The van der Waals surface area contributed by atoms with Crippen LogP contribution in [0.2, 0.25) is 0 Å². The average Bonchev–Trinajstić information content (AvgIpc) is 2.58. The van der Waals surface area contributed by atoms with E-state index in [9.17, 15) is 0 Å². The van der Waals surface area contributed by atoms with E-state index in [1.54, 1.807) is 7.11 Å². The molecule has 0 saturated carbocycles. The monoisotopic (exact) mass is 298 g/mol. The summed E-state index contributed by atoms with van der Waals surface area (Å²) in [5.41, 5.74) is 7.77. The molecule has 2 rings (SSSR count). The number of halogens is 1. The molecule has 0 fully saturated rings. The van der Waals surface area contributed by atoms with Gasteiger partial charge in [0.2, 0.25) is 0 Å². The Morgan fingerprint density at radius 2 is 2.31 bits per heavy atom. The summed E-state index contributed by atoms with van der Waals surface area (Å²) in [5.74, 6) is 0.858. The van der Waals surface area contributed by atoms with Gasteiger partial charge >= 0.3 is 0 Å². The smallest absolute Gasteiger partial charge is 0.181 e. The first-order valence-electron chi connectivity index (χ1n) is 4.72. The van der Waals surface area contributed by atoms with Crippen LogP contribution in [0.25, 0.3) is 0 Å². The Morgan fingerprint density at radius 1 is 1.50 bits per heavy atom. The SMILES string of the molecule is COc1cccc(Cc2nc(N)sc2Br)c1. The third-order valence-corrected chi connectivity index (χ3v) is 3.83. The van der Waals surface area contributed by atoms with Crippen molar-refractivity contribution < 1.29 is 4.74 Å². The molecule has 3 nitrogen and oxygen atoms in total. The van der Waals surface area contributed by atoms with E-state index in [-0.39, 0.29) is 0 Å². The van der Waals surface area contributed by atoms with E-state index in [1.165, 1.54) is 11.3 Å². The molecule has 0 spiro atoms. The minimum atomic E-state index is 0.588. The summed E-state index contributed by atoms with van der Waals surface area (Å²) < 4.78 is 6.17. The number of anilines is 1. The molecule has 2 aromatic rings. The van der Waals surface area contributed by atoms with Gasteiger partial charge in [0.05, 0.1) is 16.6 Å². The Hall–Kier alpha value is -1.07. The third kappa shape index (κ3) is 2.54. The summed E-state index contributed by atoms with van der Waals surface area (Å²) in [6, 6.07) is 7.94. The molecule has 0 amide bonds. The van der Waals surface area contributed by atoms with E-state index in [4.69, 9.17) is 10.5 Å². The summed E-state index contributed by atoms with van der Waals surface area (Å²) >= 11 is 4.91. The largest absolute Gasteiger partial charge is 0.497 e. The first-order chi connectivity index (χ1) is 7.69. The number of aromatic nitrogens is 1. The maximum absolute atomic E-state index is 5.64. The molecule has 0 aliphatic rings. The maximum Gasteiger partial charge on any atom is 0.181 e. The average molecular weight is 299 g/mol. The summed E-state index contributed by atoms with van der Waals surface area (Å²) in [5, 5.41) is 0.588. The highest BCUT2D eigenvalue weighted by molar-refractivity contribution is 9.11. The third-order valence-electron chi connectivity index (χ3n) is 2.17. The van der Waals surface area contributed by atoms with Crippen molar-refractivity contribution in [3.63, 3.8) is 0 Å². The molecule has 1 aromatic carbocycles. The second-order valence-corrected chi connectivity index (χ2v) is 5.65. The zero-order chi connectivity index (χ0) is 11.5. The van der Waals surface area contributed by atoms with Crippen molar-refractivity contribution in [3.05, 3.63) is 39.3 Å². The van der Waals surface area contributed by atoms with Gasteiger partial charge < -0.3 is 10.5 Å². The van der Waals surface area contributed by atoms with Crippen molar-refractivity contribution in [2.75, 3.05) is 12.8 Å². The van der Waals surface area contributed by atoms with Crippen LogP contribution in [-0.4, -0.2) is 12.1 Å². The number of hydrogen-bond acceptors (Lipinski definition) is 4. The topological polar surface area (TPSA) is 48.1 Å². The first kappa shape index (κ1) is 11.4. The Kier molecular flexibility index (Phi) is 3.46. The molecule has 0 unspecified atom stereocenters. The fourth-order valence-corrected chi connectivity index (χ4v) is 2.74. The van der Waals surface area contributed by atoms with E-state index in [0.717, 1.165) is 27.2 Å². The highest BCUT2D eigenvalue weighted by Gasteiger charge is 2.07. The van der Waals surface area contributed by atoms with Crippen LogP contribution in [0.15, 0.2) is 28.1 Å². The van der Waals surface area contributed by atoms with Crippen LogP contribution in [0.3, 0.4) is 0 Å². The summed E-state index contributed by atoms with van der Waals surface area (Å²) in [6.45, 7) is 0. The van der Waals surface area contributed by atoms with E-state index in [2.05, 4.69) is 20.9 Å². The number of nitrogens with two attached hydrogens (primary N) is 1. The van der Waals surface area contributed by atoms with Gasteiger partial charge in [-0.15, -0.1) is 0 Å². The van der Waals surface area contributed by atoms with Gasteiger partial charge in [-0.25, -0.2) is 4.98 Å². The van der Waals surface area contributed by atoms with E-state index < -0.39 is 0 Å². The number of nitrogens with zero attached hydrogens (tertiary/aromatic N) is 1. The van der Waals surface area contributed by atoms with E-state index in [0.29, 0.717) is 5.13 Å². The Balaban J connectivity index is 2.23. The zero-order valence-corrected chi connectivity index (χ0v) is 11.1. The van der Waals surface area contributed by atoms with Gasteiger partial charge in [0, 0.05) is 6.42 Å². The fourth-order valence-electron chi connectivity index (χ4n) is 1.44. The molecule has 2 N–H and O–H groups in total. The predicted molar refractivity (Wildman–Crippen MR) is 70.0 cm³/mol. The molecular formula is C11H11BrN2OS. The molecular weight excluding hydrogens is 288 g/mol. The van der Waals surface area contributed by atoms with Crippen LogP contribution in [0, 0.1) is 0 Å². The van der Waals surface area contributed by atoms with Gasteiger partial charge in [-0.2, -0.15) is 0 Å². The van der Waals surface area contributed by atoms with Crippen LogP contribution in [0.4, 0.5) is 5.13 Å². The van der Waals surface area contributed by atoms with Crippen molar-refractivity contribution in [3.8, 4) is 5.75 Å². The lowest BCUT2D eigenvalue weighted by atomic mass is 10.1. The molecule has 0 aliphatic carbocycles. The van der Waals surface area contributed by atoms with Gasteiger partial charge in [-0.05, 0) is 33.6 Å². The minimum Gasteiger partial charge on any atom is -0.497 e. The highest BCUT2D eigenvalue weighted by atomic mass is 79.9. The molecule has 1 heterocycles. The molecule has 0 radical (unpaired) electrons. The first-order valence-corrected chi connectivity index (χ1v) is 6.33.